The molecule has 0 aliphatic rings. The van der Waals surface area contributed by atoms with Crippen LogP contribution in [0.15, 0.2) is 63.8 Å². The lowest BCUT2D eigenvalue weighted by atomic mass is 10.2. The largest absolute Gasteiger partial charge is 0.423 e. The first-order valence-corrected chi connectivity index (χ1v) is 10.0. The van der Waals surface area contributed by atoms with Gasteiger partial charge in [-0.05, 0) is 62.7 Å². The summed E-state index contributed by atoms with van der Waals surface area (Å²) >= 11 is 0. The van der Waals surface area contributed by atoms with E-state index in [4.69, 9.17) is 4.42 Å². The zero-order chi connectivity index (χ0) is 19.7. The van der Waals surface area contributed by atoms with E-state index < -0.39 is 14.8 Å². The van der Waals surface area contributed by atoms with Crippen molar-refractivity contribution in [3.8, 4) is 0 Å². The molecule has 0 fully saturated rings. The third-order valence-corrected chi connectivity index (χ3v) is 6.25. The Morgan fingerprint density at radius 2 is 1.59 bits per heavy atom. The molecule has 0 aliphatic carbocycles. The van der Waals surface area contributed by atoms with E-state index in [1.807, 2.05) is 24.3 Å². The Morgan fingerprint density at radius 3 is 2.26 bits per heavy atom. The summed E-state index contributed by atoms with van der Waals surface area (Å²) < 4.78 is 31.2. The van der Waals surface area contributed by atoms with E-state index in [9.17, 15) is 13.2 Å². The molecule has 0 spiro atoms. The van der Waals surface area contributed by atoms with Crippen LogP contribution in [0.1, 0.15) is 26.3 Å². The minimum absolute atomic E-state index is 0.370. The van der Waals surface area contributed by atoms with Crippen LogP contribution in [0.5, 0.6) is 0 Å². The average Bonchev–Trinajstić information content (AvgIpc) is 2.60. The molecule has 0 amide bonds. The molecule has 0 unspecified atom stereocenters. The third kappa shape index (κ3) is 4.49. The molecule has 2 N–H and O–H groups in total. The quantitative estimate of drug-likeness (QED) is 0.648. The Hall–Kier alpha value is -2.80. The number of nitrogens with one attached hydrogen (secondary N) is 2. The first-order chi connectivity index (χ1) is 12.6. The normalized spacial score (nSPS) is 12.1. The molecule has 1 heterocycles. The fourth-order valence-electron chi connectivity index (χ4n) is 2.38. The molecule has 3 rings (SSSR count). The van der Waals surface area contributed by atoms with E-state index in [0.29, 0.717) is 17.8 Å². The van der Waals surface area contributed by atoms with Crippen LogP contribution in [0, 0.1) is 0 Å². The van der Waals surface area contributed by atoms with Gasteiger partial charge in [-0.3, -0.25) is 4.72 Å². The van der Waals surface area contributed by atoms with Crippen molar-refractivity contribution >= 4 is 32.4 Å². The standard InChI is InChI=1S/C20H22N2O4S/c1-20(2,3)27(24,25)22-16-7-4-14(5-8-16)13-21-17-9-10-18-15(12-17)6-11-19(23)26-18/h4-12,21-22H,13H2,1-3H3. The molecule has 0 saturated carbocycles. The van der Waals surface area contributed by atoms with E-state index in [2.05, 4.69) is 10.0 Å². The second-order valence-corrected chi connectivity index (χ2v) is 9.71. The van der Waals surface area contributed by atoms with Crippen LogP contribution < -0.4 is 15.7 Å². The molecule has 0 aliphatic heterocycles. The second kappa shape index (κ2) is 7.08. The average molecular weight is 386 g/mol. The Kier molecular flexibility index (Phi) is 4.97. The van der Waals surface area contributed by atoms with Crippen molar-refractivity contribution in [3.05, 3.63) is 70.6 Å². The summed E-state index contributed by atoms with van der Waals surface area (Å²) in [5.41, 5.74) is 2.62. The highest BCUT2D eigenvalue weighted by Crippen LogP contribution is 2.21. The number of hydrogen-bond donors (Lipinski definition) is 2. The van der Waals surface area contributed by atoms with Gasteiger partial charge in [0.15, 0.2) is 0 Å². The minimum atomic E-state index is -3.44. The number of anilines is 2. The summed E-state index contributed by atoms with van der Waals surface area (Å²) in [6.07, 6.45) is 0. The maximum Gasteiger partial charge on any atom is 0.336 e. The van der Waals surface area contributed by atoms with E-state index in [-0.39, 0.29) is 5.63 Å². The number of benzene rings is 2. The van der Waals surface area contributed by atoms with Gasteiger partial charge in [0.25, 0.3) is 0 Å². The van der Waals surface area contributed by atoms with Crippen molar-refractivity contribution < 1.29 is 12.8 Å². The van der Waals surface area contributed by atoms with Gasteiger partial charge in [0, 0.05) is 29.4 Å². The molecule has 0 saturated heterocycles. The molecule has 0 atom stereocenters. The van der Waals surface area contributed by atoms with Gasteiger partial charge in [-0.2, -0.15) is 0 Å². The van der Waals surface area contributed by atoms with Crippen molar-refractivity contribution in [1.29, 1.82) is 0 Å². The molecule has 0 radical (unpaired) electrons. The van der Waals surface area contributed by atoms with E-state index in [1.54, 1.807) is 45.0 Å². The van der Waals surface area contributed by atoms with Crippen molar-refractivity contribution in [3.63, 3.8) is 0 Å². The van der Waals surface area contributed by atoms with Crippen LogP contribution in [0.25, 0.3) is 11.0 Å². The van der Waals surface area contributed by atoms with Gasteiger partial charge in [0.2, 0.25) is 10.0 Å². The number of rotatable bonds is 5. The van der Waals surface area contributed by atoms with Crippen molar-refractivity contribution in [2.75, 3.05) is 10.0 Å². The highest BCUT2D eigenvalue weighted by atomic mass is 32.2. The van der Waals surface area contributed by atoms with Gasteiger partial charge in [-0.25, -0.2) is 13.2 Å². The summed E-state index contributed by atoms with van der Waals surface area (Å²) in [5, 5.41) is 4.14. The van der Waals surface area contributed by atoms with Crippen LogP contribution in [-0.2, 0) is 16.6 Å². The van der Waals surface area contributed by atoms with Crippen LogP contribution in [0.3, 0.4) is 0 Å². The molecular formula is C20H22N2O4S. The molecule has 1 aromatic heterocycles. The molecule has 7 heteroatoms. The first kappa shape index (κ1) is 19.0. The summed E-state index contributed by atoms with van der Waals surface area (Å²) in [6, 6.07) is 15.8. The Morgan fingerprint density at radius 1 is 0.926 bits per heavy atom. The molecule has 0 bridgehead atoms. The summed E-state index contributed by atoms with van der Waals surface area (Å²) in [5.74, 6) is 0. The minimum Gasteiger partial charge on any atom is -0.423 e. The highest BCUT2D eigenvalue weighted by molar-refractivity contribution is 7.94. The van der Waals surface area contributed by atoms with Crippen molar-refractivity contribution in [2.45, 2.75) is 32.1 Å². The fourth-order valence-corrected chi connectivity index (χ4v) is 3.14. The smallest absolute Gasteiger partial charge is 0.336 e. The fraction of sp³-hybridized carbons (Fsp3) is 0.250. The number of sulfonamides is 1. The van der Waals surface area contributed by atoms with E-state index >= 15 is 0 Å². The van der Waals surface area contributed by atoms with Crippen LogP contribution >= 0.6 is 0 Å². The zero-order valence-electron chi connectivity index (χ0n) is 15.4. The lowest BCUT2D eigenvalue weighted by Crippen LogP contribution is -2.33. The SMILES string of the molecule is CC(C)(C)S(=O)(=O)Nc1ccc(CNc2ccc3oc(=O)ccc3c2)cc1. The van der Waals surface area contributed by atoms with E-state index in [0.717, 1.165) is 16.6 Å². The van der Waals surface area contributed by atoms with Gasteiger partial charge in [0.05, 0.1) is 4.75 Å². The summed E-state index contributed by atoms with van der Waals surface area (Å²) in [6.45, 7) is 5.54. The van der Waals surface area contributed by atoms with Crippen LogP contribution in [0.2, 0.25) is 0 Å². The van der Waals surface area contributed by atoms with Gasteiger partial charge < -0.3 is 9.73 Å². The van der Waals surface area contributed by atoms with E-state index in [1.165, 1.54) is 6.07 Å². The maximum absolute atomic E-state index is 12.2. The summed E-state index contributed by atoms with van der Waals surface area (Å²) in [7, 11) is -3.44. The Bertz CT molecular complexity index is 1110. The zero-order valence-corrected chi connectivity index (χ0v) is 16.3. The maximum atomic E-state index is 12.2. The number of fused-ring (bicyclic) bond motifs is 1. The molecule has 2 aromatic carbocycles. The molecular weight excluding hydrogens is 364 g/mol. The third-order valence-electron chi connectivity index (χ3n) is 4.13. The molecule has 27 heavy (non-hydrogen) atoms. The van der Waals surface area contributed by atoms with Gasteiger partial charge in [-0.15, -0.1) is 0 Å². The lowest BCUT2D eigenvalue weighted by molar-refractivity contribution is 0.561. The number of hydrogen-bond acceptors (Lipinski definition) is 5. The second-order valence-electron chi connectivity index (χ2n) is 7.28. The van der Waals surface area contributed by atoms with Gasteiger partial charge >= 0.3 is 5.63 Å². The molecule has 6 nitrogen and oxygen atoms in total. The van der Waals surface area contributed by atoms with Crippen molar-refractivity contribution in [2.24, 2.45) is 0 Å². The highest BCUT2D eigenvalue weighted by Gasteiger charge is 2.28. The van der Waals surface area contributed by atoms with Crippen LogP contribution in [-0.4, -0.2) is 13.2 Å². The van der Waals surface area contributed by atoms with Crippen molar-refractivity contribution in [1.82, 2.24) is 0 Å². The first-order valence-electron chi connectivity index (χ1n) is 8.53. The van der Waals surface area contributed by atoms with Crippen LogP contribution in [0.4, 0.5) is 11.4 Å². The predicted octanol–water partition coefficient (Wildman–Crippen LogP) is 3.95. The summed E-state index contributed by atoms with van der Waals surface area (Å²) in [4.78, 5) is 11.2. The van der Waals surface area contributed by atoms with Gasteiger partial charge in [0.1, 0.15) is 5.58 Å². The lowest BCUT2D eigenvalue weighted by Gasteiger charge is -2.20. The Labute approximate surface area is 158 Å². The Balaban J connectivity index is 1.67. The predicted molar refractivity (Wildman–Crippen MR) is 109 cm³/mol. The molecule has 142 valence electrons. The monoisotopic (exact) mass is 386 g/mol. The van der Waals surface area contributed by atoms with Gasteiger partial charge in [-0.1, -0.05) is 12.1 Å². The topological polar surface area (TPSA) is 88.4 Å². The molecule has 3 aromatic rings.